The van der Waals surface area contributed by atoms with Crippen molar-refractivity contribution in [2.24, 2.45) is 11.8 Å². The van der Waals surface area contributed by atoms with Gasteiger partial charge < -0.3 is 20.4 Å². The predicted octanol–water partition coefficient (Wildman–Crippen LogP) is 4.49. The van der Waals surface area contributed by atoms with Crippen molar-refractivity contribution >= 4 is 23.5 Å². The average molecular weight is 503 g/mol. The van der Waals surface area contributed by atoms with Gasteiger partial charge in [-0.15, -0.1) is 0 Å². The highest BCUT2D eigenvalue weighted by molar-refractivity contribution is 5.98. The van der Waals surface area contributed by atoms with Crippen LogP contribution < -0.4 is 0 Å². The van der Waals surface area contributed by atoms with E-state index < -0.39 is 11.9 Å². The molecule has 0 aliphatic rings. The molecule has 2 rings (SSSR count). The maximum absolute atomic E-state index is 11.8. The van der Waals surface area contributed by atoms with Crippen molar-refractivity contribution in [1.82, 2.24) is 0 Å². The third-order valence-corrected chi connectivity index (χ3v) is 5.16. The second kappa shape index (κ2) is 19.9. The number of Topliss-reactive ketones (excluding diaryl/α,β-unsaturated/α-hetero) is 2. The van der Waals surface area contributed by atoms with E-state index in [4.69, 9.17) is 20.4 Å². The van der Waals surface area contributed by atoms with Crippen molar-refractivity contribution in [3.63, 3.8) is 0 Å². The molecule has 0 amide bonds. The molecule has 36 heavy (non-hydrogen) atoms. The minimum Gasteiger partial charge on any atom is -0.481 e. The van der Waals surface area contributed by atoms with Crippen molar-refractivity contribution < 1.29 is 39.6 Å². The number of aliphatic carboxylic acids is 2. The average Bonchev–Trinajstić information content (AvgIpc) is 2.90. The van der Waals surface area contributed by atoms with Gasteiger partial charge in [-0.1, -0.05) is 74.5 Å². The number of carbonyl (C=O) groups excluding carboxylic acids is 2. The van der Waals surface area contributed by atoms with Crippen LogP contribution in [-0.4, -0.2) is 57.1 Å². The van der Waals surface area contributed by atoms with Crippen molar-refractivity contribution in [2.45, 2.75) is 52.4 Å². The van der Waals surface area contributed by atoms with E-state index in [2.05, 4.69) is 0 Å². The lowest BCUT2D eigenvalue weighted by Crippen LogP contribution is -2.11. The van der Waals surface area contributed by atoms with Crippen LogP contribution in [0.3, 0.4) is 0 Å². The molecule has 0 bridgehead atoms. The summed E-state index contributed by atoms with van der Waals surface area (Å²) in [5.74, 6) is -1.81. The van der Waals surface area contributed by atoms with Gasteiger partial charge >= 0.3 is 11.9 Å². The van der Waals surface area contributed by atoms with Crippen LogP contribution in [0.4, 0.5) is 0 Å². The molecular formula is C28H38O8. The minimum absolute atomic E-state index is 0.00421. The fourth-order valence-electron chi connectivity index (χ4n) is 3.04. The van der Waals surface area contributed by atoms with Gasteiger partial charge in [0.2, 0.25) is 0 Å². The third-order valence-electron chi connectivity index (χ3n) is 5.16. The lowest BCUT2D eigenvalue weighted by Gasteiger charge is -2.08. The molecule has 0 fully saturated rings. The lowest BCUT2D eigenvalue weighted by atomic mass is 9.95. The molecule has 2 aromatic carbocycles. The number of aliphatic hydroxyl groups excluding tert-OH is 2. The summed E-state index contributed by atoms with van der Waals surface area (Å²) in [5, 5.41) is 33.1. The van der Waals surface area contributed by atoms with Crippen LogP contribution in [0.5, 0.6) is 0 Å². The first-order chi connectivity index (χ1) is 17.1. The lowest BCUT2D eigenvalue weighted by molar-refractivity contribution is -0.143. The molecule has 0 heterocycles. The summed E-state index contributed by atoms with van der Waals surface area (Å²) in [7, 11) is 0. The van der Waals surface area contributed by atoms with Gasteiger partial charge in [0.05, 0.1) is 12.8 Å². The molecule has 0 aliphatic carbocycles. The van der Waals surface area contributed by atoms with Crippen molar-refractivity contribution in [1.29, 1.82) is 0 Å². The number of hydrogen-bond donors (Lipinski definition) is 4. The Balaban J connectivity index is 0.000000533. The summed E-state index contributed by atoms with van der Waals surface area (Å²) in [6, 6.07) is 18.6. The van der Waals surface area contributed by atoms with E-state index in [0.717, 1.165) is 24.0 Å². The van der Waals surface area contributed by atoms with E-state index in [1.807, 2.05) is 74.5 Å². The van der Waals surface area contributed by atoms with Gasteiger partial charge in [0, 0.05) is 36.2 Å². The van der Waals surface area contributed by atoms with E-state index in [9.17, 15) is 19.2 Å². The zero-order valence-electron chi connectivity index (χ0n) is 21.0. The van der Waals surface area contributed by atoms with Gasteiger partial charge in [0.1, 0.15) is 0 Å². The Bertz CT molecular complexity index is 821. The Morgan fingerprint density at radius 3 is 1.17 bits per heavy atom. The molecule has 0 spiro atoms. The number of ketones is 2. The van der Waals surface area contributed by atoms with E-state index in [0.29, 0.717) is 12.8 Å². The highest BCUT2D eigenvalue weighted by atomic mass is 16.4. The van der Waals surface area contributed by atoms with Crippen LogP contribution in [0.15, 0.2) is 60.7 Å². The standard InChI is InChI=1S/2C12H16O2.C4H6O4/c2*1-10(6-5-9-13)12(14)11-7-3-2-4-8-11;5-3(6)1-2-4(7)8/h2*2-4,7-8,10,13H,5-6,9H2,1H3;1-2H2,(H,5,6)(H,7,8). The highest BCUT2D eigenvalue weighted by Crippen LogP contribution is 2.14. The molecule has 0 aromatic heterocycles. The fourth-order valence-corrected chi connectivity index (χ4v) is 3.04. The molecule has 0 radical (unpaired) electrons. The largest absolute Gasteiger partial charge is 0.481 e. The zero-order chi connectivity index (χ0) is 27.3. The predicted molar refractivity (Wildman–Crippen MR) is 137 cm³/mol. The topological polar surface area (TPSA) is 149 Å². The Morgan fingerprint density at radius 1 is 0.611 bits per heavy atom. The first-order valence-corrected chi connectivity index (χ1v) is 12.0. The van der Waals surface area contributed by atoms with Crippen molar-refractivity contribution in [3.05, 3.63) is 71.8 Å². The Labute approximate surface area is 212 Å². The number of rotatable bonds is 13. The molecule has 2 atom stereocenters. The van der Waals surface area contributed by atoms with Crippen LogP contribution in [0.2, 0.25) is 0 Å². The maximum atomic E-state index is 11.8. The maximum Gasteiger partial charge on any atom is 0.303 e. The van der Waals surface area contributed by atoms with Crippen LogP contribution in [0.25, 0.3) is 0 Å². The molecule has 0 aliphatic heterocycles. The van der Waals surface area contributed by atoms with Crippen molar-refractivity contribution in [3.8, 4) is 0 Å². The number of aliphatic hydroxyl groups is 2. The second-order valence-corrected chi connectivity index (χ2v) is 8.28. The molecule has 8 nitrogen and oxygen atoms in total. The first kappa shape index (κ1) is 32.6. The molecule has 2 aromatic rings. The van der Waals surface area contributed by atoms with Crippen LogP contribution in [-0.2, 0) is 9.59 Å². The number of carboxylic acid groups (broad SMARTS) is 2. The van der Waals surface area contributed by atoms with Gasteiger partial charge in [-0.25, -0.2) is 0 Å². The number of carboxylic acids is 2. The van der Waals surface area contributed by atoms with Crippen LogP contribution >= 0.6 is 0 Å². The zero-order valence-corrected chi connectivity index (χ0v) is 21.0. The summed E-state index contributed by atoms with van der Waals surface area (Å²) < 4.78 is 0. The summed E-state index contributed by atoms with van der Waals surface area (Å²) in [6.07, 6.45) is 2.30. The monoisotopic (exact) mass is 502 g/mol. The molecule has 0 saturated heterocycles. The minimum atomic E-state index is -1.08. The molecule has 4 N–H and O–H groups in total. The van der Waals surface area contributed by atoms with Crippen molar-refractivity contribution in [2.75, 3.05) is 13.2 Å². The van der Waals surface area contributed by atoms with Gasteiger partial charge in [-0.2, -0.15) is 0 Å². The SMILES string of the molecule is CC(CCCO)C(=O)c1ccccc1.CC(CCCO)C(=O)c1ccccc1.O=C(O)CCC(=O)O. The molecule has 0 saturated carbocycles. The molecule has 8 heteroatoms. The fraction of sp³-hybridized carbons (Fsp3) is 0.429. The highest BCUT2D eigenvalue weighted by Gasteiger charge is 2.14. The first-order valence-electron chi connectivity index (χ1n) is 12.0. The Kier molecular flexibility index (Phi) is 18.0. The number of hydrogen-bond acceptors (Lipinski definition) is 6. The van der Waals surface area contributed by atoms with Gasteiger partial charge in [0.25, 0.3) is 0 Å². The quantitative estimate of drug-likeness (QED) is 0.293. The molecular weight excluding hydrogens is 464 g/mol. The second-order valence-electron chi connectivity index (χ2n) is 8.28. The Hall–Kier alpha value is -3.36. The molecule has 2 unspecified atom stereocenters. The Morgan fingerprint density at radius 2 is 0.917 bits per heavy atom. The third kappa shape index (κ3) is 15.5. The van der Waals surface area contributed by atoms with E-state index in [-0.39, 0.29) is 49.5 Å². The van der Waals surface area contributed by atoms with Gasteiger partial charge in [-0.3, -0.25) is 19.2 Å². The van der Waals surface area contributed by atoms with Gasteiger partial charge in [0.15, 0.2) is 11.6 Å². The number of carbonyl (C=O) groups is 4. The van der Waals surface area contributed by atoms with E-state index >= 15 is 0 Å². The summed E-state index contributed by atoms with van der Waals surface area (Å²) in [4.78, 5) is 42.8. The normalized spacial score (nSPS) is 11.6. The number of benzene rings is 2. The van der Waals surface area contributed by atoms with E-state index in [1.165, 1.54) is 0 Å². The molecule has 198 valence electrons. The summed E-state index contributed by atoms with van der Waals surface area (Å²) >= 11 is 0. The smallest absolute Gasteiger partial charge is 0.303 e. The van der Waals surface area contributed by atoms with Gasteiger partial charge in [-0.05, 0) is 25.7 Å². The summed E-state index contributed by atoms with van der Waals surface area (Å²) in [5.41, 5.74) is 1.52. The van der Waals surface area contributed by atoms with Crippen LogP contribution in [0, 0.1) is 11.8 Å². The summed E-state index contributed by atoms with van der Waals surface area (Å²) in [6.45, 7) is 4.13. The van der Waals surface area contributed by atoms with E-state index in [1.54, 1.807) is 0 Å². The van der Waals surface area contributed by atoms with Crippen LogP contribution in [0.1, 0.15) is 73.1 Å².